The summed E-state index contributed by atoms with van der Waals surface area (Å²) in [5.41, 5.74) is 4.86. The number of urea groups is 1. The quantitative estimate of drug-likeness (QED) is 0.450. The van der Waals surface area contributed by atoms with Gasteiger partial charge < -0.3 is 16.2 Å². The predicted molar refractivity (Wildman–Crippen MR) is 66.9 cm³/mol. The topological polar surface area (TPSA) is 108 Å². The van der Waals surface area contributed by atoms with Crippen molar-refractivity contribution in [3.63, 3.8) is 0 Å². The summed E-state index contributed by atoms with van der Waals surface area (Å²) in [6.07, 6.45) is 2.49. The number of imide groups is 1. The van der Waals surface area contributed by atoms with E-state index in [2.05, 4.69) is 5.32 Å². The number of carbonyl (C=O) groups excluding carboxylic acids is 2. The Morgan fingerprint density at radius 3 is 2.78 bits per heavy atom. The van der Waals surface area contributed by atoms with Gasteiger partial charge in [-0.3, -0.25) is 15.0 Å². The Hall–Kier alpha value is -1.18. The predicted octanol–water partition coefficient (Wildman–Crippen LogP) is -1.38. The van der Waals surface area contributed by atoms with E-state index in [4.69, 9.17) is 10.8 Å². The fourth-order valence-electron chi connectivity index (χ4n) is 2.12. The first kappa shape index (κ1) is 14.9. The average Bonchev–Trinajstić information content (AvgIpc) is 2.78. The number of hydrogen-bond donors (Lipinski definition) is 4. The first-order valence-electron chi connectivity index (χ1n) is 6.27. The van der Waals surface area contributed by atoms with Gasteiger partial charge in [0.2, 0.25) is 5.91 Å². The monoisotopic (exact) mass is 258 g/mol. The van der Waals surface area contributed by atoms with Crippen LogP contribution in [0.4, 0.5) is 4.79 Å². The van der Waals surface area contributed by atoms with Crippen LogP contribution in [-0.2, 0) is 4.79 Å². The third kappa shape index (κ3) is 5.95. The second-order valence-corrected chi connectivity index (χ2v) is 4.48. The van der Waals surface area contributed by atoms with E-state index in [1.54, 1.807) is 0 Å². The number of carbonyl (C=O) groups is 2. The zero-order valence-corrected chi connectivity index (χ0v) is 10.5. The van der Waals surface area contributed by atoms with Gasteiger partial charge in [-0.05, 0) is 19.4 Å². The maximum absolute atomic E-state index is 11.3. The van der Waals surface area contributed by atoms with E-state index in [1.807, 2.05) is 10.2 Å². The highest BCUT2D eigenvalue weighted by molar-refractivity contribution is 5.93. The molecule has 1 aliphatic heterocycles. The molecule has 0 aromatic rings. The molecule has 5 N–H and O–H groups in total. The van der Waals surface area contributed by atoms with E-state index >= 15 is 0 Å². The minimum Gasteiger partial charge on any atom is -0.395 e. The van der Waals surface area contributed by atoms with Gasteiger partial charge in [0.05, 0.1) is 6.61 Å². The van der Waals surface area contributed by atoms with Crippen molar-refractivity contribution in [2.75, 3.05) is 32.8 Å². The molecule has 0 saturated carbocycles. The largest absolute Gasteiger partial charge is 0.395 e. The number of nitrogens with zero attached hydrogens (tertiary/aromatic N) is 1. The Labute approximate surface area is 107 Å². The normalized spacial score (nSPS) is 19.1. The van der Waals surface area contributed by atoms with Crippen LogP contribution in [0.3, 0.4) is 0 Å². The highest BCUT2D eigenvalue weighted by Gasteiger charge is 2.18. The van der Waals surface area contributed by atoms with Crippen LogP contribution in [0.5, 0.6) is 0 Å². The summed E-state index contributed by atoms with van der Waals surface area (Å²) in [6, 6.07) is -0.401. The van der Waals surface area contributed by atoms with E-state index in [9.17, 15) is 9.59 Å². The lowest BCUT2D eigenvalue weighted by Crippen LogP contribution is -2.42. The lowest BCUT2D eigenvalue weighted by molar-refractivity contribution is -0.120. The minimum atomic E-state index is -0.828. The Morgan fingerprint density at radius 2 is 2.22 bits per heavy atom. The fraction of sp³-hybridized carbons (Fsp3) is 0.818. The van der Waals surface area contributed by atoms with Crippen LogP contribution in [0.2, 0.25) is 0 Å². The molecular weight excluding hydrogens is 236 g/mol. The van der Waals surface area contributed by atoms with Gasteiger partial charge in [-0.2, -0.15) is 0 Å². The maximum atomic E-state index is 11.3. The molecule has 3 amide bonds. The van der Waals surface area contributed by atoms with Crippen LogP contribution in [0.1, 0.15) is 19.3 Å². The summed E-state index contributed by atoms with van der Waals surface area (Å²) in [7, 11) is 0. The molecule has 0 bridgehead atoms. The number of amides is 3. The molecule has 1 unspecified atom stereocenters. The first-order chi connectivity index (χ1) is 8.61. The van der Waals surface area contributed by atoms with Crippen molar-refractivity contribution in [2.24, 2.45) is 5.73 Å². The van der Waals surface area contributed by atoms with Gasteiger partial charge in [0.1, 0.15) is 0 Å². The molecule has 104 valence electrons. The molecule has 1 rings (SSSR count). The van der Waals surface area contributed by atoms with Crippen molar-refractivity contribution in [3.05, 3.63) is 0 Å². The van der Waals surface area contributed by atoms with Gasteiger partial charge in [0.25, 0.3) is 0 Å². The summed E-state index contributed by atoms with van der Waals surface area (Å²) in [5, 5.41) is 14.4. The highest BCUT2D eigenvalue weighted by atomic mass is 16.3. The van der Waals surface area contributed by atoms with Crippen molar-refractivity contribution in [1.82, 2.24) is 15.5 Å². The number of rotatable bonds is 7. The third-order valence-corrected chi connectivity index (χ3v) is 2.97. The Morgan fingerprint density at radius 1 is 1.44 bits per heavy atom. The average molecular weight is 258 g/mol. The molecule has 0 aromatic heterocycles. The number of nitrogens with two attached hydrogens (primary N) is 1. The Bertz CT molecular complexity index is 279. The van der Waals surface area contributed by atoms with Crippen LogP contribution >= 0.6 is 0 Å². The lowest BCUT2D eigenvalue weighted by atomic mass is 10.2. The number of primary amides is 1. The molecule has 1 heterocycles. The van der Waals surface area contributed by atoms with E-state index in [0.717, 1.165) is 19.5 Å². The number of nitrogens with one attached hydrogen (secondary N) is 2. The summed E-state index contributed by atoms with van der Waals surface area (Å²) >= 11 is 0. The third-order valence-electron chi connectivity index (χ3n) is 2.97. The van der Waals surface area contributed by atoms with Gasteiger partial charge in [-0.25, -0.2) is 4.79 Å². The minimum absolute atomic E-state index is 0.0597. The smallest absolute Gasteiger partial charge is 0.318 e. The van der Waals surface area contributed by atoms with Crippen LogP contribution in [0, 0.1) is 0 Å². The van der Waals surface area contributed by atoms with Gasteiger partial charge >= 0.3 is 6.03 Å². The highest BCUT2D eigenvalue weighted by Crippen LogP contribution is 2.07. The van der Waals surface area contributed by atoms with Crippen molar-refractivity contribution in [2.45, 2.75) is 25.3 Å². The second kappa shape index (κ2) is 8.02. The van der Waals surface area contributed by atoms with Crippen molar-refractivity contribution < 1.29 is 14.7 Å². The van der Waals surface area contributed by atoms with Crippen molar-refractivity contribution in [1.29, 1.82) is 0 Å². The standard InChI is InChI=1S/C11H22N4O3/c12-11(18)14-10(17)3-5-15(6-7-16)8-9-2-1-4-13-9/h9,13,16H,1-8H2,(H3,12,14,17,18). The van der Waals surface area contributed by atoms with Crippen LogP contribution in [0.25, 0.3) is 0 Å². The summed E-state index contributed by atoms with van der Waals surface area (Å²) in [4.78, 5) is 23.8. The molecule has 7 nitrogen and oxygen atoms in total. The molecule has 18 heavy (non-hydrogen) atoms. The fourth-order valence-corrected chi connectivity index (χ4v) is 2.12. The van der Waals surface area contributed by atoms with Crippen LogP contribution < -0.4 is 16.4 Å². The van der Waals surface area contributed by atoms with Crippen molar-refractivity contribution in [3.8, 4) is 0 Å². The zero-order valence-electron chi connectivity index (χ0n) is 10.5. The van der Waals surface area contributed by atoms with E-state index in [0.29, 0.717) is 19.1 Å². The Kier molecular flexibility index (Phi) is 6.63. The summed E-state index contributed by atoms with van der Waals surface area (Å²) in [6.45, 7) is 2.94. The molecule has 0 aliphatic carbocycles. The summed E-state index contributed by atoms with van der Waals surface area (Å²) < 4.78 is 0. The zero-order chi connectivity index (χ0) is 13.4. The number of aliphatic hydroxyl groups excluding tert-OH is 1. The Balaban J connectivity index is 2.27. The molecule has 1 atom stereocenters. The first-order valence-corrected chi connectivity index (χ1v) is 6.27. The van der Waals surface area contributed by atoms with E-state index in [-0.39, 0.29) is 18.9 Å². The van der Waals surface area contributed by atoms with Gasteiger partial charge in [0.15, 0.2) is 0 Å². The van der Waals surface area contributed by atoms with Crippen LogP contribution in [-0.4, -0.2) is 60.8 Å². The molecule has 1 aliphatic rings. The molecular formula is C11H22N4O3. The molecule has 0 aromatic carbocycles. The van der Waals surface area contributed by atoms with Gasteiger partial charge in [-0.1, -0.05) is 0 Å². The van der Waals surface area contributed by atoms with Gasteiger partial charge in [-0.15, -0.1) is 0 Å². The SMILES string of the molecule is NC(=O)NC(=O)CCN(CCO)CC1CCCN1. The summed E-state index contributed by atoms with van der Waals surface area (Å²) in [5.74, 6) is -0.384. The molecule has 0 spiro atoms. The second-order valence-electron chi connectivity index (χ2n) is 4.48. The molecule has 0 radical (unpaired) electrons. The molecule has 7 heteroatoms. The van der Waals surface area contributed by atoms with E-state index in [1.165, 1.54) is 6.42 Å². The maximum Gasteiger partial charge on any atom is 0.318 e. The van der Waals surface area contributed by atoms with E-state index < -0.39 is 6.03 Å². The molecule has 1 saturated heterocycles. The van der Waals surface area contributed by atoms with Crippen molar-refractivity contribution >= 4 is 11.9 Å². The number of hydrogen-bond acceptors (Lipinski definition) is 5. The number of aliphatic hydroxyl groups is 1. The van der Waals surface area contributed by atoms with Gasteiger partial charge in [0, 0.05) is 32.1 Å². The lowest BCUT2D eigenvalue weighted by Gasteiger charge is -2.24. The molecule has 1 fully saturated rings. The van der Waals surface area contributed by atoms with Crippen LogP contribution in [0.15, 0.2) is 0 Å².